The van der Waals surface area contributed by atoms with Gasteiger partial charge in [0.25, 0.3) is 0 Å². The van der Waals surface area contributed by atoms with Gasteiger partial charge in [-0.15, -0.1) is 0 Å². The Morgan fingerprint density at radius 2 is 1.90 bits per heavy atom. The summed E-state index contributed by atoms with van der Waals surface area (Å²) < 4.78 is 13.1. The summed E-state index contributed by atoms with van der Waals surface area (Å²) in [5, 5.41) is 10.3. The SMILES string of the molecule is Cc1cc(Nc2ncnc3cnc(N4CC(NC(=O)OC(C)(C)C)C4)nc23)ccc1Oc1ccn2ncnc2c1. The number of hydrogen-bond acceptors (Lipinski definition) is 11. The lowest BCUT2D eigenvalue weighted by Gasteiger charge is -2.39. The predicted molar refractivity (Wildman–Crippen MR) is 148 cm³/mol. The minimum absolute atomic E-state index is 0.0410. The number of nitrogens with zero attached hydrogens (tertiary/aromatic N) is 8. The molecule has 6 rings (SSSR count). The summed E-state index contributed by atoms with van der Waals surface area (Å²) in [6.45, 7) is 8.63. The van der Waals surface area contributed by atoms with Crippen molar-refractivity contribution in [3.05, 3.63) is 60.9 Å². The fourth-order valence-electron chi connectivity index (χ4n) is 4.26. The van der Waals surface area contributed by atoms with E-state index in [9.17, 15) is 4.79 Å². The van der Waals surface area contributed by atoms with E-state index in [0.717, 1.165) is 17.0 Å². The molecule has 5 heterocycles. The molecule has 13 heteroatoms. The highest BCUT2D eigenvalue weighted by atomic mass is 16.6. The third kappa shape index (κ3) is 5.39. The van der Waals surface area contributed by atoms with Crippen LogP contribution in [0.3, 0.4) is 0 Å². The molecule has 0 atom stereocenters. The molecule has 0 aliphatic carbocycles. The lowest BCUT2D eigenvalue weighted by atomic mass is 10.1. The van der Waals surface area contributed by atoms with E-state index in [-0.39, 0.29) is 6.04 Å². The van der Waals surface area contributed by atoms with Crippen LogP contribution in [0, 0.1) is 6.92 Å². The van der Waals surface area contributed by atoms with Gasteiger partial charge in [0.05, 0.1) is 12.2 Å². The molecular formula is C27H28N10O3. The fraction of sp³-hybridized carbons (Fsp3) is 0.296. The van der Waals surface area contributed by atoms with Crippen LogP contribution in [-0.4, -0.2) is 65.4 Å². The average molecular weight is 541 g/mol. The van der Waals surface area contributed by atoms with Crippen LogP contribution in [0.15, 0.2) is 55.4 Å². The summed E-state index contributed by atoms with van der Waals surface area (Å²) in [5.74, 6) is 2.49. The molecular weight excluding hydrogens is 512 g/mol. The molecule has 204 valence electrons. The van der Waals surface area contributed by atoms with E-state index >= 15 is 0 Å². The summed E-state index contributed by atoms with van der Waals surface area (Å²) in [6.07, 6.45) is 6.02. The second kappa shape index (κ2) is 9.91. The molecule has 0 spiro atoms. The van der Waals surface area contributed by atoms with Gasteiger partial charge in [-0.3, -0.25) is 0 Å². The Morgan fingerprint density at radius 3 is 2.70 bits per heavy atom. The van der Waals surface area contributed by atoms with E-state index in [1.54, 1.807) is 16.9 Å². The van der Waals surface area contributed by atoms with Crippen molar-refractivity contribution in [2.45, 2.75) is 39.3 Å². The van der Waals surface area contributed by atoms with Crippen LogP contribution in [0.5, 0.6) is 11.5 Å². The predicted octanol–water partition coefficient (Wildman–Crippen LogP) is 4.02. The molecule has 1 fully saturated rings. The van der Waals surface area contributed by atoms with Gasteiger partial charge < -0.3 is 25.0 Å². The molecule has 5 aromatic rings. The maximum absolute atomic E-state index is 12.1. The topological polar surface area (TPSA) is 145 Å². The van der Waals surface area contributed by atoms with Crippen LogP contribution in [0.25, 0.3) is 16.7 Å². The van der Waals surface area contributed by atoms with E-state index in [1.807, 2.05) is 62.9 Å². The van der Waals surface area contributed by atoms with Crippen molar-refractivity contribution < 1.29 is 14.3 Å². The molecule has 1 aliphatic heterocycles. The largest absolute Gasteiger partial charge is 0.457 e. The van der Waals surface area contributed by atoms with Crippen LogP contribution >= 0.6 is 0 Å². The van der Waals surface area contributed by atoms with Crippen molar-refractivity contribution in [1.29, 1.82) is 0 Å². The van der Waals surface area contributed by atoms with Crippen LogP contribution in [0.4, 0.5) is 22.2 Å². The first-order valence-electron chi connectivity index (χ1n) is 12.8. The van der Waals surface area contributed by atoms with E-state index < -0.39 is 11.7 Å². The summed E-state index contributed by atoms with van der Waals surface area (Å²) in [4.78, 5) is 36.2. The van der Waals surface area contributed by atoms with Gasteiger partial charge in [0, 0.05) is 31.0 Å². The highest BCUT2D eigenvalue weighted by Crippen LogP contribution is 2.30. The minimum Gasteiger partial charge on any atom is -0.457 e. The third-order valence-corrected chi connectivity index (χ3v) is 6.17. The monoisotopic (exact) mass is 540 g/mol. The van der Waals surface area contributed by atoms with Crippen LogP contribution in [0.2, 0.25) is 0 Å². The van der Waals surface area contributed by atoms with Crippen molar-refractivity contribution >= 4 is 40.2 Å². The number of nitrogens with one attached hydrogen (secondary N) is 2. The first kappa shape index (κ1) is 25.2. The number of aromatic nitrogens is 7. The molecule has 1 aliphatic rings. The van der Waals surface area contributed by atoms with Crippen LogP contribution in [0.1, 0.15) is 26.3 Å². The van der Waals surface area contributed by atoms with Crippen molar-refractivity contribution in [3.63, 3.8) is 0 Å². The van der Waals surface area contributed by atoms with Gasteiger partial charge in [0.2, 0.25) is 5.95 Å². The standard InChI is InChI=1S/C27H28N10O3/c1-16-9-17(5-6-21(16)39-19-7-8-37-22(10-19)30-15-32-37)33-24-23-20(29-14-31-24)11-28-25(35-23)36-12-18(13-36)34-26(38)40-27(2,3)4/h5-11,14-15,18H,12-13H2,1-4H3,(H,34,38)(H,29,31,33). The number of hydrogen-bond donors (Lipinski definition) is 2. The number of rotatable bonds is 6. The second-order valence-corrected chi connectivity index (χ2v) is 10.5. The molecule has 0 saturated carbocycles. The van der Waals surface area contributed by atoms with Gasteiger partial charge in [-0.2, -0.15) is 5.10 Å². The molecule has 1 saturated heterocycles. The third-order valence-electron chi connectivity index (χ3n) is 6.17. The second-order valence-electron chi connectivity index (χ2n) is 10.5. The Kier molecular flexibility index (Phi) is 6.25. The number of carbonyl (C=O) groups is 1. The number of alkyl carbamates (subject to hydrolysis) is 1. The van der Waals surface area contributed by atoms with Gasteiger partial charge >= 0.3 is 6.09 Å². The summed E-state index contributed by atoms with van der Waals surface area (Å²) in [5.41, 5.74) is 3.13. The van der Waals surface area contributed by atoms with E-state index in [4.69, 9.17) is 14.5 Å². The molecule has 40 heavy (non-hydrogen) atoms. The first-order chi connectivity index (χ1) is 19.2. The number of aryl methyl sites for hydroxylation is 1. The number of carbonyl (C=O) groups excluding carboxylic acids is 1. The molecule has 13 nitrogen and oxygen atoms in total. The first-order valence-corrected chi connectivity index (χ1v) is 12.8. The zero-order valence-corrected chi connectivity index (χ0v) is 22.5. The maximum atomic E-state index is 12.1. The smallest absolute Gasteiger partial charge is 0.407 e. The maximum Gasteiger partial charge on any atom is 0.407 e. The number of pyridine rings is 1. The van der Waals surface area contributed by atoms with E-state index in [2.05, 4.69) is 35.7 Å². The normalized spacial score (nSPS) is 13.8. The number of fused-ring (bicyclic) bond motifs is 2. The number of benzene rings is 1. The molecule has 0 unspecified atom stereocenters. The van der Waals surface area contributed by atoms with Crippen molar-refractivity contribution in [1.82, 2.24) is 39.9 Å². The van der Waals surface area contributed by atoms with Gasteiger partial charge in [-0.1, -0.05) is 0 Å². The fourth-order valence-corrected chi connectivity index (χ4v) is 4.26. The molecule has 4 aromatic heterocycles. The molecule has 0 radical (unpaired) electrons. The Hall–Kier alpha value is -5.07. The molecule has 2 N–H and O–H groups in total. The number of anilines is 3. The van der Waals surface area contributed by atoms with Gasteiger partial charge in [-0.05, 0) is 57.5 Å². The number of amides is 1. The van der Waals surface area contributed by atoms with Gasteiger partial charge in [0.1, 0.15) is 40.8 Å². The van der Waals surface area contributed by atoms with Crippen molar-refractivity contribution in [2.75, 3.05) is 23.3 Å². The van der Waals surface area contributed by atoms with Crippen molar-refractivity contribution in [3.8, 4) is 11.5 Å². The van der Waals surface area contributed by atoms with Crippen LogP contribution < -0.4 is 20.3 Å². The lowest BCUT2D eigenvalue weighted by molar-refractivity contribution is 0.0495. The Labute approximate surface area is 229 Å². The number of ether oxygens (including phenoxy) is 2. The Morgan fingerprint density at radius 1 is 1.05 bits per heavy atom. The summed E-state index contributed by atoms with van der Waals surface area (Å²) in [6, 6.07) is 9.41. The minimum atomic E-state index is -0.544. The van der Waals surface area contributed by atoms with Gasteiger partial charge in [0.15, 0.2) is 11.5 Å². The molecule has 1 aromatic carbocycles. The zero-order chi connectivity index (χ0) is 27.9. The Balaban J connectivity index is 1.15. The Bertz CT molecular complexity index is 1710. The highest BCUT2D eigenvalue weighted by Gasteiger charge is 2.31. The van der Waals surface area contributed by atoms with Crippen LogP contribution in [-0.2, 0) is 4.74 Å². The molecule has 1 amide bonds. The molecule has 0 bridgehead atoms. The van der Waals surface area contributed by atoms with E-state index in [0.29, 0.717) is 47.3 Å². The lowest BCUT2D eigenvalue weighted by Crippen LogP contribution is -2.60. The van der Waals surface area contributed by atoms with Crippen molar-refractivity contribution in [2.24, 2.45) is 0 Å². The quantitative estimate of drug-likeness (QED) is 0.322. The highest BCUT2D eigenvalue weighted by molar-refractivity contribution is 5.87. The van der Waals surface area contributed by atoms with Gasteiger partial charge in [-0.25, -0.2) is 34.2 Å². The summed E-state index contributed by atoms with van der Waals surface area (Å²) >= 11 is 0. The van der Waals surface area contributed by atoms with E-state index in [1.165, 1.54) is 12.7 Å². The summed E-state index contributed by atoms with van der Waals surface area (Å²) in [7, 11) is 0. The average Bonchev–Trinajstić information content (AvgIpc) is 3.35. The zero-order valence-electron chi connectivity index (χ0n) is 22.5.